The van der Waals surface area contributed by atoms with Crippen LogP contribution in [0.3, 0.4) is 0 Å². The number of rotatable bonds is 5. The van der Waals surface area contributed by atoms with Gasteiger partial charge in [0.25, 0.3) is 5.56 Å². The predicted octanol–water partition coefficient (Wildman–Crippen LogP) is 0.659. The third kappa shape index (κ3) is 3.46. The second kappa shape index (κ2) is 6.36. The monoisotopic (exact) mass is 286 g/mol. The lowest BCUT2D eigenvalue weighted by Gasteiger charge is -2.15. The third-order valence-corrected chi connectivity index (χ3v) is 3.61. The molecule has 106 valence electrons. The van der Waals surface area contributed by atoms with Gasteiger partial charge in [-0.1, -0.05) is 11.6 Å². The van der Waals surface area contributed by atoms with Gasteiger partial charge in [0.15, 0.2) is 0 Å². The zero-order chi connectivity index (χ0) is 13.8. The summed E-state index contributed by atoms with van der Waals surface area (Å²) in [7, 11) is 3.66. The van der Waals surface area contributed by atoms with E-state index in [4.69, 9.17) is 16.3 Å². The summed E-state index contributed by atoms with van der Waals surface area (Å²) in [6.45, 7) is 2.83. The van der Waals surface area contributed by atoms with Gasteiger partial charge in [-0.3, -0.25) is 4.79 Å². The number of nitrogens with zero attached hydrogens (tertiary/aromatic N) is 3. The summed E-state index contributed by atoms with van der Waals surface area (Å²) >= 11 is 6.10. The number of nitrogens with one attached hydrogen (secondary N) is 1. The molecular formula is C12H19ClN4O2. The highest BCUT2D eigenvalue weighted by atomic mass is 35.5. The standard InChI is InChI=1S/C12H19ClN4O2/c1-16-4-3-9(8-16)15-10-7-14-17(5-6-19-2)12(18)11(10)13/h7,9,15H,3-6,8H2,1-2H3. The van der Waals surface area contributed by atoms with Gasteiger partial charge in [-0.05, 0) is 20.0 Å². The minimum atomic E-state index is -0.282. The van der Waals surface area contributed by atoms with Crippen LogP contribution in [0.15, 0.2) is 11.0 Å². The first kappa shape index (κ1) is 14.3. The molecule has 1 saturated heterocycles. The molecule has 1 aromatic rings. The molecule has 0 aromatic carbocycles. The number of aromatic nitrogens is 2. The highest BCUT2D eigenvalue weighted by Crippen LogP contribution is 2.19. The first-order valence-electron chi connectivity index (χ1n) is 6.31. The SMILES string of the molecule is COCCn1ncc(NC2CCN(C)C2)c(Cl)c1=O. The van der Waals surface area contributed by atoms with E-state index in [9.17, 15) is 4.79 Å². The Morgan fingerprint density at radius 1 is 1.63 bits per heavy atom. The molecule has 1 aliphatic heterocycles. The van der Waals surface area contributed by atoms with Crippen molar-refractivity contribution in [3.63, 3.8) is 0 Å². The number of anilines is 1. The molecule has 1 aliphatic rings. The molecule has 19 heavy (non-hydrogen) atoms. The van der Waals surface area contributed by atoms with E-state index < -0.39 is 0 Å². The van der Waals surface area contributed by atoms with Crippen LogP contribution in [0.4, 0.5) is 5.69 Å². The van der Waals surface area contributed by atoms with E-state index in [0.717, 1.165) is 19.5 Å². The lowest BCUT2D eigenvalue weighted by molar-refractivity contribution is 0.182. The van der Waals surface area contributed by atoms with Crippen LogP contribution in [0, 0.1) is 0 Å². The summed E-state index contributed by atoms with van der Waals surface area (Å²) in [6.07, 6.45) is 2.65. The Bertz CT molecular complexity index is 491. The summed E-state index contributed by atoms with van der Waals surface area (Å²) in [4.78, 5) is 14.2. The molecule has 7 heteroatoms. The van der Waals surface area contributed by atoms with E-state index in [-0.39, 0.29) is 10.6 Å². The van der Waals surface area contributed by atoms with E-state index in [1.54, 1.807) is 13.3 Å². The van der Waals surface area contributed by atoms with Crippen molar-refractivity contribution in [2.75, 3.05) is 39.2 Å². The van der Waals surface area contributed by atoms with Gasteiger partial charge in [0.05, 0.1) is 25.0 Å². The van der Waals surface area contributed by atoms with E-state index in [1.165, 1.54) is 4.68 Å². The zero-order valence-electron chi connectivity index (χ0n) is 11.2. The molecule has 0 bridgehead atoms. The molecule has 2 heterocycles. The van der Waals surface area contributed by atoms with Crippen LogP contribution in [0.25, 0.3) is 0 Å². The molecule has 0 aliphatic carbocycles. The Hall–Kier alpha value is -1.11. The van der Waals surface area contributed by atoms with Crippen LogP contribution in [-0.4, -0.2) is 54.6 Å². The minimum Gasteiger partial charge on any atom is -0.383 e. The Morgan fingerprint density at radius 2 is 2.42 bits per heavy atom. The summed E-state index contributed by atoms with van der Waals surface area (Å²) in [6, 6.07) is 0.318. The van der Waals surface area contributed by atoms with Gasteiger partial charge in [0.2, 0.25) is 0 Å². The summed E-state index contributed by atoms with van der Waals surface area (Å²) < 4.78 is 6.24. The number of likely N-dealkylation sites (tertiary alicyclic amines) is 1. The molecule has 0 spiro atoms. The maximum Gasteiger partial charge on any atom is 0.287 e. The number of halogens is 1. The highest BCUT2D eigenvalue weighted by molar-refractivity contribution is 6.32. The van der Waals surface area contributed by atoms with Crippen molar-refractivity contribution >= 4 is 17.3 Å². The lowest BCUT2D eigenvalue weighted by atomic mass is 10.2. The van der Waals surface area contributed by atoms with Crippen molar-refractivity contribution in [3.8, 4) is 0 Å². The number of hydrogen-bond donors (Lipinski definition) is 1. The van der Waals surface area contributed by atoms with Gasteiger partial charge >= 0.3 is 0 Å². The van der Waals surface area contributed by atoms with Crippen LogP contribution in [0.1, 0.15) is 6.42 Å². The number of likely N-dealkylation sites (N-methyl/N-ethyl adjacent to an activating group) is 1. The summed E-state index contributed by atoms with van der Waals surface area (Å²) in [5.74, 6) is 0. The number of ether oxygens (including phenoxy) is 1. The number of methoxy groups -OCH3 is 1. The van der Waals surface area contributed by atoms with E-state index in [2.05, 4.69) is 22.4 Å². The smallest absolute Gasteiger partial charge is 0.287 e. The summed E-state index contributed by atoms with van der Waals surface area (Å²) in [5.41, 5.74) is 0.329. The minimum absolute atomic E-state index is 0.195. The molecule has 1 aromatic heterocycles. The fraction of sp³-hybridized carbons (Fsp3) is 0.667. The van der Waals surface area contributed by atoms with Gasteiger partial charge in [-0.15, -0.1) is 0 Å². The molecule has 0 saturated carbocycles. The van der Waals surface area contributed by atoms with Gasteiger partial charge in [0.1, 0.15) is 5.02 Å². The fourth-order valence-electron chi connectivity index (χ4n) is 2.18. The molecule has 1 atom stereocenters. The van der Waals surface area contributed by atoms with Crippen LogP contribution in [0.5, 0.6) is 0 Å². The van der Waals surface area contributed by atoms with Crippen LogP contribution in [-0.2, 0) is 11.3 Å². The number of hydrogen-bond acceptors (Lipinski definition) is 5. The van der Waals surface area contributed by atoms with Crippen LogP contribution in [0.2, 0.25) is 5.02 Å². The Labute approximate surface area is 117 Å². The average Bonchev–Trinajstić information content (AvgIpc) is 2.80. The zero-order valence-corrected chi connectivity index (χ0v) is 12.0. The highest BCUT2D eigenvalue weighted by Gasteiger charge is 2.20. The molecule has 1 unspecified atom stereocenters. The first-order valence-corrected chi connectivity index (χ1v) is 6.69. The van der Waals surface area contributed by atoms with E-state index in [1.807, 2.05) is 0 Å². The second-order valence-electron chi connectivity index (χ2n) is 4.79. The van der Waals surface area contributed by atoms with Crippen molar-refractivity contribution in [1.29, 1.82) is 0 Å². The normalized spacial score (nSPS) is 19.8. The molecule has 0 radical (unpaired) electrons. The molecule has 2 rings (SSSR count). The van der Waals surface area contributed by atoms with Crippen molar-refractivity contribution in [3.05, 3.63) is 21.6 Å². The Balaban J connectivity index is 2.10. The van der Waals surface area contributed by atoms with Gasteiger partial charge < -0.3 is 15.0 Å². The first-order chi connectivity index (χ1) is 9.11. The fourth-order valence-corrected chi connectivity index (χ4v) is 2.38. The average molecular weight is 287 g/mol. The van der Waals surface area contributed by atoms with Gasteiger partial charge in [-0.2, -0.15) is 5.10 Å². The molecule has 6 nitrogen and oxygen atoms in total. The lowest BCUT2D eigenvalue weighted by Crippen LogP contribution is -2.28. The van der Waals surface area contributed by atoms with E-state index in [0.29, 0.717) is 24.9 Å². The molecule has 0 amide bonds. The second-order valence-corrected chi connectivity index (χ2v) is 5.16. The predicted molar refractivity (Wildman–Crippen MR) is 74.9 cm³/mol. The van der Waals surface area contributed by atoms with E-state index >= 15 is 0 Å². The van der Waals surface area contributed by atoms with Crippen molar-refractivity contribution in [2.24, 2.45) is 0 Å². The van der Waals surface area contributed by atoms with Crippen molar-refractivity contribution in [1.82, 2.24) is 14.7 Å². The topological polar surface area (TPSA) is 59.4 Å². The van der Waals surface area contributed by atoms with Crippen LogP contribution >= 0.6 is 11.6 Å². The maximum atomic E-state index is 12.0. The van der Waals surface area contributed by atoms with Crippen LogP contribution < -0.4 is 10.9 Å². The third-order valence-electron chi connectivity index (χ3n) is 3.24. The molecule has 1 N–H and O–H groups in total. The Kier molecular flexibility index (Phi) is 4.79. The van der Waals surface area contributed by atoms with Gasteiger partial charge in [-0.25, -0.2) is 4.68 Å². The van der Waals surface area contributed by atoms with Crippen molar-refractivity contribution in [2.45, 2.75) is 19.0 Å². The summed E-state index contributed by atoms with van der Waals surface area (Å²) in [5, 5.41) is 7.58. The quantitative estimate of drug-likeness (QED) is 0.862. The van der Waals surface area contributed by atoms with Crippen molar-refractivity contribution < 1.29 is 4.74 Å². The Morgan fingerprint density at radius 3 is 3.05 bits per heavy atom. The largest absolute Gasteiger partial charge is 0.383 e. The van der Waals surface area contributed by atoms with Gasteiger partial charge in [0, 0.05) is 19.7 Å². The molecular weight excluding hydrogens is 268 g/mol. The maximum absolute atomic E-state index is 12.0. The molecule has 1 fully saturated rings.